The van der Waals surface area contributed by atoms with Gasteiger partial charge in [-0.3, -0.25) is 0 Å². The van der Waals surface area contributed by atoms with Gasteiger partial charge in [-0.25, -0.2) is 4.98 Å². The lowest BCUT2D eigenvalue weighted by molar-refractivity contribution is 0.0296. The number of aromatic nitrogens is 1. The number of ether oxygens (including phenoxy) is 1. The van der Waals surface area contributed by atoms with Gasteiger partial charge in [-0.1, -0.05) is 13.0 Å². The fraction of sp³-hybridized carbons (Fsp3) is 0.643. The lowest BCUT2D eigenvalue weighted by atomic mass is 10.1. The molecule has 2 atom stereocenters. The molecule has 18 heavy (non-hydrogen) atoms. The van der Waals surface area contributed by atoms with E-state index in [1.165, 1.54) is 0 Å². The Hall–Kier alpha value is -1.29. The molecule has 1 aliphatic heterocycles. The number of morpholine rings is 1. The van der Waals surface area contributed by atoms with E-state index >= 15 is 0 Å². The Kier molecular flexibility index (Phi) is 4.42. The first kappa shape index (κ1) is 13.1. The number of hydrogen-bond donors (Lipinski definition) is 1. The summed E-state index contributed by atoms with van der Waals surface area (Å²) in [6.45, 7) is 9.01. The van der Waals surface area contributed by atoms with Crippen LogP contribution in [0.25, 0.3) is 0 Å². The molecule has 1 fully saturated rings. The maximum Gasteiger partial charge on any atom is 0.131 e. The van der Waals surface area contributed by atoms with Crippen molar-refractivity contribution in [1.29, 1.82) is 0 Å². The molecular formula is C14H23N3O. The van der Waals surface area contributed by atoms with Gasteiger partial charge < -0.3 is 15.0 Å². The zero-order valence-corrected chi connectivity index (χ0v) is 11.5. The molecule has 1 aromatic rings. The van der Waals surface area contributed by atoms with Crippen LogP contribution < -0.4 is 10.2 Å². The average molecular weight is 249 g/mol. The predicted molar refractivity (Wildman–Crippen MR) is 75.2 cm³/mol. The van der Waals surface area contributed by atoms with Crippen molar-refractivity contribution < 1.29 is 4.74 Å². The first-order chi connectivity index (χ1) is 8.74. The van der Waals surface area contributed by atoms with Gasteiger partial charge in [-0.15, -0.1) is 0 Å². The van der Waals surface area contributed by atoms with Crippen LogP contribution in [0.2, 0.25) is 0 Å². The summed E-state index contributed by atoms with van der Waals surface area (Å²) in [4.78, 5) is 7.05. The average Bonchev–Trinajstić information content (AvgIpc) is 2.39. The molecule has 0 radical (unpaired) electrons. The highest BCUT2D eigenvalue weighted by molar-refractivity contribution is 5.48. The molecule has 2 heterocycles. The molecule has 1 aliphatic rings. The molecule has 0 bridgehead atoms. The van der Waals surface area contributed by atoms with Gasteiger partial charge in [0.2, 0.25) is 0 Å². The smallest absolute Gasteiger partial charge is 0.131 e. The minimum absolute atomic E-state index is 0.275. The summed E-state index contributed by atoms with van der Waals surface area (Å²) in [6, 6.07) is 6.59. The predicted octanol–water partition coefficient (Wildman–Crippen LogP) is 2.52. The second-order valence-electron chi connectivity index (χ2n) is 4.77. The van der Waals surface area contributed by atoms with E-state index in [4.69, 9.17) is 4.74 Å². The summed E-state index contributed by atoms with van der Waals surface area (Å²) in [6.07, 6.45) is 1.36. The highest BCUT2D eigenvalue weighted by atomic mass is 16.5. The van der Waals surface area contributed by atoms with Crippen LogP contribution in [0.3, 0.4) is 0 Å². The topological polar surface area (TPSA) is 37.4 Å². The van der Waals surface area contributed by atoms with Gasteiger partial charge in [-0.05, 0) is 32.4 Å². The fourth-order valence-corrected chi connectivity index (χ4v) is 2.33. The standard InChI is InChI=1S/C14H23N3O/c1-4-12-10-18-11(3)9-17(12)14-8-6-7-13(16-14)15-5-2/h6-8,11-12H,4-5,9-10H2,1-3H3,(H,15,16). The highest BCUT2D eigenvalue weighted by Crippen LogP contribution is 2.22. The third-order valence-corrected chi connectivity index (χ3v) is 3.33. The Labute approximate surface area is 109 Å². The Bertz CT molecular complexity index is 383. The SMILES string of the molecule is CCNc1cccc(N2CC(C)OCC2CC)n1. The van der Waals surface area contributed by atoms with E-state index in [1.807, 2.05) is 6.07 Å². The lowest BCUT2D eigenvalue weighted by Gasteiger charge is -2.39. The van der Waals surface area contributed by atoms with Gasteiger partial charge in [0, 0.05) is 13.1 Å². The molecule has 1 aromatic heterocycles. The minimum Gasteiger partial charge on any atom is -0.375 e. The number of pyridine rings is 1. The van der Waals surface area contributed by atoms with Gasteiger partial charge in [0.1, 0.15) is 11.6 Å². The zero-order chi connectivity index (χ0) is 13.0. The van der Waals surface area contributed by atoms with Crippen LogP contribution in [-0.4, -0.2) is 36.8 Å². The van der Waals surface area contributed by atoms with Crippen molar-refractivity contribution in [2.45, 2.75) is 39.3 Å². The molecule has 100 valence electrons. The van der Waals surface area contributed by atoms with Gasteiger partial charge in [0.05, 0.1) is 18.8 Å². The Morgan fingerprint density at radius 2 is 2.28 bits per heavy atom. The second-order valence-corrected chi connectivity index (χ2v) is 4.77. The Morgan fingerprint density at radius 1 is 1.44 bits per heavy atom. The Balaban J connectivity index is 2.19. The van der Waals surface area contributed by atoms with Crippen molar-refractivity contribution >= 4 is 11.6 Å². The molecule has 0 amide bonds. The maximum atomic E-state index is 5.73. The number of hydrogen-bond acceptors (Lipinski definition) is 4. The quantitative estimate of drug-likeness (QED) is 0.889. The van der Waals surface area contributed by atoms with Gasteiger partial charge >= 0.3 is 0 Å². The van der Waals surface area contributed by atoms with Gasteiger partial charge in [0.15, 0.2) is 0 Å². The third kappa shape index (κ3) is 2.93. The number of rotatable bonds is 4. The van der Waals surface area contributed by atoms with Crippen molar-refractivity contribution in [1.82, 2.24) is 4.98 Å². The van der Waals surface area contributed by atoms with Crippen LogP contribution in [0.1, 0.15) is 27.2 Å². The molecule has 2 rings (SSSR count). The fourth-order valence-electron chi connectivity index (χ4n) is 2.33. The van der Waals surface area contributed by atoms with Crippen LogP contribution in [-0.2, 0) is 4.74 Å². The van der Waals surface area contributed by atoms with Gasteiger partial charge in [0.25, 0.3) is 0 Å². The van der Waals surface area contributed by atoms with E-state index < -0.39 is 0 Å². The summed E-state index contributed by atoms with van der Waals surface area (Å²) >= 11 is 0. The highest BCUT2D eigenvalue weighted by Gasteiger charge is 2.26. The number of anilines is 2. The number of nitrogens with zero attached hydrogens (tertiary/aromatic N) is 2. The minimum atomic E-state index is 0.275. The van der Waals surface area contributed by atoms with Gasteiger partial charge in [-0.2, -0.15) is 0 Å². The molecule has 4 nitrogen and oxygen atoms in total. The first-order valence-corrected chi connectivity index (χ1v) is 6.83. The van der Waals surface area contributed by atoms with Crippen LogP contribution in [0.4, 0.5) is 11.6 Å². The summed E-state index contributed by atoms with van der Waals surface area (Å²) in [5.41, 5.74) is 0. The monoisotopic (exact) mass is 249 g/mol. The molecule has 0 saturated carbocycles. The molecule has 2 unspecified atom stereocenters. The number of nitrogens with one attached hydrogen (secondary N) is 1. The molecule has 0 aliphatic carbocycles. The van der Waals surface area contributed by atoms with E-state index in [0.717, 1.165) is 37.8 Å². The molecule has 4 heteroatoms. The van der Waals surface area contributed by atoms with Crippen LogP contribution in [0.5, 0.6) is 0 Å². The molecule has 1 saturated heterocycles. The Morgan fingerprint density at radius 3 is 3.00 bits per heavy atom. The normalized spacial score (nSPS) is 24.1. The van der Waals surface area contributed by atoms with Crippen molar-refractivity contribution in [2.75, 3.05) is 29.9 Å². The van der Waals surface area contributed by atoms with E-state index in [9.17, 15) is 0 Å². The zero-order valence-electron chi connectivity index (χ0n) is 11.5. The van der Waals surface area contributed by atoms with Crippen LogP contribution in [0.15, 0.2) is 18.2 Å². The summed E-state index contributed by atoms with van der Waals surface area (Å²) in [5.74, 6) is 2.00. The molecular weight excluding hydrogens is 226 g/mol. The van der Waals surface area contributed by atoms with Crippen molar-refractivity contribution in [3.8, 4) is 0 Å². The third-order valence-electron chi connectivity index (χ3n) is 3.33. The maximum absolute atomic E-state index is 5.73. The largest absolute Gasteiger partial charge is 0.375 e. The first-order valence-electron chi connectivity index (χ1n) is 6.83. The summed E-state index contributed by atoms with van der Waals surface area (Å²) < 4.78 is 5.73. The van der Waals surface area contributed by atoms with Crippen molar-refractivity contribution in [2.24, 2.45) is 0 Å². The molecule has 0 aromatic carbocycles. The van der Waals surface area contributed by atoms with E-state index in [-0.39, 0.29) is 6.10 Å². The van der Waals surface area contributed by atoms with E-state index in [2.05, 4.69) is 48.1 Å². The van der Waals surface area contributed by atoms with Crippen molar-refractivity contribution in [3.63, 3.8) is 0 Å². The van der Waals surface area contributed by atoms with Crippen LogP contribution in [0, 0.1) is 0 Å². The summed E-state index contributed by atoms with van der Waals surface area (Å²) in [5, 5.41) is 3.26. The second kappa shape index (κ2) is 6.05. The van der Waals surface area contributed by atoms with E-state index in [1.54, 1.807) is 0 Å². The molecule has 1 N–H and O–H groups in total. The molecule has 0 spiro atoms. The summed E-state index contributed by atoms with van der Waals surface area (Å²) in [7, 11) is 0. The lowest BCUT2D eigenvalue weighted by Crippen LogP contribution is -2.49. The van der Waals surface area contributed by atoms with E-state index in [0.29, 0.717) is 6.04 Å². The van der Waals surface area contributed by atoms with Crippen molar-refractivity contribution in [3.05, 3.63) is 18.2 Å². The van der Waals surface area contributed by atoms with Crippen LogP contribution >= 0.6 is 0 Å².